The second-order valence-corrected chi connectivity index (χ2v) is 8.16. The second-order valence-electron chi connectivity index (χ2n) is 6.18. The van der Waals surface area contributed by atoms with E-state index in [-0.39, 0.29) is 10.7 Å². The minimum atomic E-state index is -3.33. The molecule has 1 aromatic carbocycles. The summed E-state index contributed by atoms with van der Waals surface area (Å²) in [5.41, 5.74) is 2.49. The predicted octanol–water partition coefficient (Wildman–Crippen LogP) is 3.99. The Morgan fingerprint density at radius 3 is 2.70 bits per heavy atom. The molecule has 0 atom stereocenters. The molecule has 0 fully saturated rings. The van der Waals surface area contributed by atoms with E-state index in [0.717, 1.165) is 19.3 Å². The lowest BCUT2D eigenvalue weighted by Crippen LogP contribution is -2.09. The van der Waals surface area contributed by atoms with Gasteiger partial charge in [-0.3, -0.25) is 4.79 Å². The summed E-state index contributed by atoms with van der Waals surface area (Å²) in [6.45, 7) is 2.16. The minimum absolute atomic E-state index is 0.0698. The summed E-state index contributed by atoms with van der Waals surface area (Å²) >= 11 is 0. The van der Waals surface area contributed by atoms with Gasteiger partial charge in [-0.05, 0) is 57.2 Å². The normalized spacial score (nSPS) is 15.7. The summed E-state index contributed by atoms with van der Waals surface area (Å²) in [5, 5.41) is 3.21. The van der Waals surface area contributed by atoms with Crippen molar-refractivity contribution in [1.82, 2.24) is 0 Å². The molecule has 1 aromatic rings. The molecule has 0 bridgehead atoms. The molecule has 0 saturated carbocycles. The van der Waals surface area contributed by atoms with Gasteiger partial charge in [0.05, 0.1) is 10.6 Å². The Labute approximate surface area is 138 Å². The van der Waals surface area contributed by atoms with Crippen LogP contribution in [0.5, 0.6) is 0 Å². The summed E-state index contributed by atoms with van der Waals surface area (Å²) in [7, 11) is -3.33. The van der Waals surface area contributed by atoms with E-state index in [9.17, 15) is 13.2 Å². The SMILES string of the molecule is CC(=O)c1ccc(S(C)(=O)=O)c(NCCC2=CCCCCC2)c1. The third-order valence-electron chi connectivity index (χ3n) is 4.18. The molecular formula is C18H25NO3S. The number of ketones is 1. The summed E-state index contributed by atoms with van der Waals surface area (Å²) in [6, 6.07) is 4.72. The predicted molar refractivity (Wildman–Crippen MR) is 93.8 cm³/mol. The summed E-state index contributed by atoms with van der Waals surface area (Å²) in [6.07, 6.45) is 10.5. The molecular weight excluding hydrogens is 310 g/mol. The summed E-state index contributed by atoms with van der Waals surface area (Å²) in [5.74, 6) is -0.0698. The van der Waals surface area contributed by atoms with Crippen LogP contribution >= 0.6 is 0 Å². The maximum absolute atomic E-state index is 11.9. The molecule has 0 aromatic heterocycles. The van der Waals surface area contributed by atoms with Gasteiger partial charge in [-0.2, -0.15) is 0 Å². The van der Waals surface area contributed by atoms with Crippen LogP contribution < -0.4 is 5.32 Å². The monoisotopic (exact) mass is 335 g/mol. The maximum atomic E-state index is 11.9. The summed E-state index contributed by atoms with van der Waals surface area (Å²) < 4.78 is 23.8. The van der Waals surface area contributed by atoms with E-state index in [1.165, 1.54) is 44.1 Å². The van der Waals surface area contributed by atoms with Gasteiger partial charge in [-0.25, -0.2) is 8.42 Å². The van der Waals surface area contributed by atoms with E-state index in [0.29, 0.717) is 17.8 Å². The number of allylic oxidation sites excluding steroid dienone is 1. The first-order valence-electron chi connectivity index (χ1n) is 8.15. The third kappa shape index (κ3) is 5.20. The van der Waals surface area contributed by atoms with E-state index in [2.05, 4.69) is 11.4 Å². The van der Waals surface area contributed by atoms with Crippen molar-refractivity contribution < 1.29 is 13.2 Å². The van der Waals surface area contributed by atoms with Crippen LogP contribution in [0.3, 0.4) is 0 Å². The average molecular weight is 335 g/mol. The van der Waals surface area contributed by atoms with E-state index in [1.54, 1.807) is 12.1 Å². The van der Waals surface area contributed by atoms with Crippen molar-refractivity contribution in [2.24, 2.45) is 0 Å². The molecule has 5 heteroatoms. The Balaban J connectivity index is 2.12. The van der Waals surface area contributed by atoms with Crippen molar-refractivity contribution in [2.45, 2.75) is 50.3 Å². The molecule has 126 valence electrons. The van der Waals surface area contributed by atoms with Crippen molar-refractivity contribution in [3.05, 3.63) is 35.4 Å². The van der Waals surface area contributed by atoms with Gasteiger partial charge in [0.25, 0.3) is 0 Å². The molecule has 1 aliphatic rings. The topological polar surface area (TPSA) is 63.2 Å². The molecule has 0 aliphatic heterocycles. The average Bonchev–Trinajstić information content (AvgIpc) is 2.74. The van der Waals surface area contributed by atoms with Crippen molar-refractivity contribution >= 4 is 21.3 Å². The largest absolute Gasteiger partial charge is 0.384 e. The van der Waals surface area contributed by atoms with Crippen molar-refractivity contribution in [1.29, 1.82) is 0 Å². The first kappa shape index (κ1) is 17.7. The first-order chi connectivity index (χ1) is 10.9. The fraction of sp³-hybridized carbons (Fsp3) is 0.500. The zero-order valence-electron chi connectivity index (χ0n) is 13.9. The number of carbonyl (C=O) groups excluding carboxylic acids is 1. The molecule has 2 rings (SSSR count). The highest BCUT2D eigenvalue weighted by Crippen LogP contribution is 2.24. The molecule has 1 N–H and O–H groups in total. The molecule has 0 saturated heterocycles. The van der Waals surface area contributed by atoms with Gasteiger partial charge >= 0.3 is 0 Å². The van der Waals surface area contributed by atoms with Crippen LogP contribution in [-0.2, 0) is 9.84 Å². The molecule has 0 spiro atoms. The second kappa shape index (κ2) is 7.77. The fourth-order valence-electron chi connectivity index (χ4n) is 2.88. The van der Waals surface area contributed by atoms with Crippen LogP contribution in [-0.4, -0.2) is 27.0 Å². The standard InChI is InChI=1S/C18H25NO3S/c1-14(20)16-9-10-18(23(2,21)22)17(13-16)19-12-11-15-7-5-3-4-6-8-15/h7,9-10,13,19H,3-6,8,11-12H2,1-2H3. The number of hydrogen-bond donors (Lipinski definition) is 1. The van der Waals surface area contributed by atoms with Crippen LogP contribution in [0.15, 0.2) is 34.7 Å². The van der Waals surface area contributed by atoms with Crippen molar-refractivity contribution in [2.75, 3.05) is 18.1 Å². The quantitative estimate of drug-likeness (QED) is 0.631. The van der Waals surface area contributed by atoms with E-state index in [4.69, 9.17) is 0 Å². The maximum Gasteiger partial charge on any atom is 0.177 e. The number of nitrogens with one attached hydrogen (secondary N) is 1. The Kier molecular flexibility index (Phi) is 5.99. The van der Waals surface area contributed by atoms with Gasteiger partial charge in [-0.15, -0.1) is 0 Å². The van der Waals surface area contributed by atoms with Gasteiger partial charge in [0.1, 0.15) is 0 Å². The molecule has 0 unspecified atom stereocenters. The van der Waals surface area contributed by atoms with Crippen LogP contribution in [0.4, 0.5) is 5.69 Å². The molecule has 0 heterocycles. The molecule has 1 aliphatic carbocycles. The van der Waals surface area contributed by atoms with Gasteiger partial charge in [0.2, 0.25) is 0 Å². The number of benzene rings is 1. The number of hydrogen-bond acceptors (Lipinski definition) is 4. The highest BCUT2D eigenvalue weighted by Gasteiger charge is 2.15. The molecule has 0 radical (unpaired) electrons. The number of Topliss-reactive ketones (excluding diaryl/α,β-unsaturated/α-hetero) is 1. The van der Waals surface area contributed by atoms with E-state index < -0.39 is 9.84 Å². The van der Waals surface area contributed by atoms with E-state index in [1.807, 2.05) is 0 Å². The first-order valence-corrected chi connectivity index (χ1v) is 10.0. The molecule has 23 heavy (non-hydrogen) atoms. The lowest BCUT2D eigenvalue weighted by molar-refractivity contribution is 0.101. The van der Waals surface area contributed by atoms with Gasteiger partial charge < -0.3 is 5.32 Å². The highest BCUT2D eigenvalue weighted by molar-refractivity contribution is 7.90. The number of carbonyl (C=O) groups is 1. The smallest absolute Gasteiger partial charge is 0.177 e. The molecule has 0 amide bonds. The number of anilines is 1. The summed E-state index contributed by atoms with van der Waals surface area (Å²) in [4.78, 5) is 11.8. The highest BCUT2D eigenvalue weighted by atomic mass is 32.2. The zero-order chi connectivity index (χ0) is 16.9. The van der Waals surface area contributed by atoms with Crippen LogP contribution in [0, 0.1) is 0 Å². The fourth-order valence-corrected chi connectivity index (χ4v) is 3.72. The van der Waals surface area contributed by atoms with Crippen LogP contribution in [0.1, 0.15) is 55.8 Å². The van der Waals surface area contributed by atoms with Gasteiger partial charge in [-0.1, -0.05) is 18.1 Å². The number of sulfone groups is 1. The third-order valence-corrected chi connectivity index (χ3v) is 5.34. The van der Waals surface area contributed by atoms with Crippen molar-refractivity contribution in [3.63, 3.8) is 0 Å². The lowest BCUT2D eigenvalue weighted by atomic mass is 10.1. The Hall–Kier alpha value is -1.62. The van der Waals surface area contributed by atoms with Crippen molar-refractivity contribution in [3.8, 4) is 0 Å². The van der Waals surface area contributed by atoms with E-state index >= 15 is 0 Å². The minimum Gasteiger partial charge on any atom is -0.384 e. The molecule has 4 nitrogen and oxygen atoms in total. The van der Waals surface area contributed by atoms with Gasteiger partial charge in [0.15, 0.2) is 15.6 Å². The zero-order valence-corrected chi connectivity index (χ0v) is 14.7. The van der Waals surface area contributed by atoms with Gasteiger partial charge in [0, 0.05) is 18.4 Å². The Bertz CT molecular complexity index is 705. The Morgan fingerprint density at radius 1 is 1.22 bits per heavy atom. The number of rotatable bonds is 6. The van der Waals surface area contributed by atoms with Crippen LogP contribution in [0.25, 0.3) is 0 Å². The Morgan fingerprint density at radius 2 is 2.00 bits per heavy atom. The lowest BCUT2D eigenvalue weighted by Gasteiger charge is -2.13. The van der Waals surface area contributed by atoms with Crippen LogP contribution in [0.2, 0.25) is 0 Å².